The molecule has 3 N–H and O–H groups in total. The van der Waals surface area contributed by atoms with Gasteiger partial charge in [-0.2, -0.15) is 0 Å². The first-order valence-corrected chi connectivity index (χ1v) is 37.3. The van der Waals surface area contributed by atoms with Crippen LogP contribution in [0.25, 0.3) is 0 Å². The van der Waals surface area contributed by atoms with Gasteiger partial charge in [0.25, 0.3) is 0 Å². The number of hydrogen-bond donors (Lipinski definition) is 3. The number of hydrogen-bond acceptors (Lipinski definition) is 5. The van der Waals surface area contributed by atoms with Gasteiger partial charge < -0.3 is 20.3 Å². The van der Waals surface area contributed by atoms with Crippen molar-refractivity contribution in [1.82, 2.24) is 5.32 Å². The largest absolute Gasteiger partial charge is 0.466 e. The average Bonchev–Trinajstić information content (AvgIpc) is 3.46. The molecule has 2 atom stereocenters. The first kappa shape index (κ1) is 78.9. The summed E-state index contributed by atoms with van der Waals surface area (Å²) in [6.45, 7) is 5.01. The molecule has 0 aromatic rings. The van der Waals surface area contributed by atoms with E-state index in [9.17, 15) is 19.8 Å². The second kappa shape index (κ2) is 70.3. The molecule has 0 aliphatic heterocycles. The van der Waals surface area contributed by atoms with Crippen LogP contribution in [0.4, 0.5) is 0 Å². The Bertz CT molecular complexity index is 1160. The van der Waals surface area contributed by atoms with E-state index in [0.29, 0.717) is 25.9 Å². The van der Waals surface area contributed by atoms with Crippen LogP contribution in [0.2, 0.25) is 0 Å². The van der Waals surface area contributed by atoms with E-state index in [1.807, 2.05) is 0 Å². The van der Waals surface area contributed by atoms with E-state index < -0.39 is 12.1 Å². The lowest BCUT2D eigenvalue weighted by Crippen LogP contribution is -2.45. The summed E-state index contributed by atoms with van der Waals surface area (Å²) < 4.78 is 5.49. The van der Waals surface area contributed by atoms with E-state index in [2.05, 4.69) is 19.2 Å². The van der Waals surface area contributed by atoms with Crippen LogP contribution in [0.1, 0.15) is 438 Å². The highest BCUT2D eigenvalue weighted by Gasteiger charge is 2.20. The molecule has 0 saturated carbocycles. The highest BCUT2D eigenvalue weighted by molar-refractivity contribution is 5.76. The Balaban J connectivity index is 3.32. The van der Waals surface area contributed by atoms with Gasteiger partial charge in [-0.05, 0) is 25.7 Å². The summed E-state index contributed by atoms with van der Waals surface area (Å²) in [7, 11) is 0. The summed E-state index contributed by atoms with van der Waals surface area (Å²) in [5, 5.41) is 23.4. The van der Waals surface area contributed by atoms with Crippen molar-refractivity contribution in [3.8, 4) is 0 Å². The Morgan fingerprint density at radius 2 is 0.512 bits per heavy atom. The Labute approximate surface area is 502 Å². The topological polar surface area (TPSA) is 95.9 Å². The fourth-order valence-electron chi connectivity index (χ4n) is 12.2. The highest BCUT2D eigenvalue weighted by atomic mass is 16.5. The molecule has 0 aliphatic rings. The molecule has 0 aromatic heterocycles. The maximum atomic E-state index is 12.5. The summed E-state index contributed by atoms with van der Waals surface area (Å²) in [5.41, 5.74) is 0. The van der Waals surface area contributed by atoms with Gasteiger partial charge >= 0.3 is 5.97 Å². The molecule has 6 nitrogen and oxygen atoms in total. The fraction of sp³-hybridized carbons (Fsp3) is 0.973. The number of esters is 1. The first-order chi connectivity index (χ1) is 39.5. The van der Waals surface area contributed by atoms with Crippen LogP contribution in [-0.2, 0) is 14.3 Å². The molecule has 0 heterocycles. The van der Waals surface area contributed by atoms with Gasteiger partial charge in [-0.15, -0.1) is 0 Å². The van der Waals surface area contributed by atoms with Crippen molar-refractivity contribution in [2.75, 3.05) is 13.2 Å². The number of carbonyl (C=O) groups excluding carboxylic acids is 2. The van der Waals surface area contributed by atoms with E-state index >= 15 is 0 Å². The zero-order valence-electron chi connectivity index (χ0n) is 54.9. The van der Waals surface area contributed by atoms with Crippen LogP contribution in [0, 0.1) is 0 Å². The van der Waals surface area contributed by atoms with Gasteiger partial charge in [-0.25, -0.2) is 0 Å². The van der Waals surface area contributed by atoms with E-state index in [4.69, 9.17) is 4.74 Å². The Hall–Kier alpha value is -1.14. The number of unbranched alkanes of at least 4 members (excludes halogenated alkanes) is 60. The van der Waals surface area contributed by atoms with Crippen LogP contribution < -0.4 is 5.32 Å². The number of ether oxygens (including phenoxy) is 1. The SMILES string of the molecule is CCCCCCCCCCCCCCCCCCCCCCC(O)C(CO)NC(=O)CCCCCCCCCCCCCCCCCCCCCCCCCCCCCCCCOC(=O)CCCCCCCCCCCCCCC. The van der Waals surface area contributed by atoms with E-state index in [-0.39, 0.29) is 18.5 Å². The minimum Gasteiger partial charge on any atom is -0.466 e. The molecule has 478 valence electrons. The zero-order valence-corrected chi connectivity index (χ0v) is 54.9. The summed E-state index contributed by atoms with van der Waals surface area (Å²) in [5.74, 6) is -0.00251. The van der Waals surface area contributed by atoms with Crippen LogP contribution in [0.15, 0.2) is 0 Å². The maximum absolute atomic E-state index is 12.5. The van der Waals surface area contributed by atoms with Gasteiger partial charge in [-0.1, -0.05) is 399 Å². The molecule has 0 fully saturated rings. The minimum absolute atomic E-state index is 0.0230. The van der Waals surface area contributed by atoms with Crippen molar-refractivity contribution < 1.29 is 24.5 Å². The second-order valence-corrected chi connectivity index (χ2v) is 26.0. The van der Waals surface area contributed by atoms with Crippen molar-refractivity contribution >= 4 is 11.9 Å². The van der Waals surface area contributed by atoms with Crippen molar-refractivity contribution in [2.24, 2.45) is 0 Å². The number of aliphatic hydroxyl groups excluding tert-OH is 2. The third kappa shape index (κ3) is 66.0. The molecule has 0 spiro atoms. The van der Waals surface area contributed by atoms with Crippen LogP contribution >= 0.6 is 0 Å². The fourth-order valence-corrected chi connectivity index (χ4v) is 12.2. The standard InChI is InChI=1S/C74H147NO5/c1-3-5-7-9-11-13-15-17-18-19-20-33-36-39-43-46-50-54-58-62-66-72(77)71(70-76)75-73(78)67-63-59-55-51-47-44-40-37-34-31-29-27-25-23-21-22-24-26-28-30-32-35-38-41-45-49-53-57-61-65-69-80-74(79)68-64-60-56-52-48-42-16-14-12-10-8-6-4-2/h71-72,76-77H,3-70H2,1-2H3,(H,75,78). The molecule has 0 aromatic carbocycles. The number of rotatable bonds is 71. The molecule has 2 unspecified atom stereocenters. The Morgan fingerprint density at radius 1 is 0.300 bits per heavy atom. The lowest BCUT2D eigenvalue weighted by molar-refractivity contribution is -0.143. The van der Waals surface area contributed by atoms with Gasteiger partial charge in [0, 0.05) is 12.8 Å². The van der Waals surface area contributed by atoms with E-state index in [0.717, 1.165) is 38.5 Å². The van der Waals surface area contributed by atoms with Gasteiger partial charge in [0.1, 0.15) is 0 Å². The normalized spacial score (nSPS) is 12.4. The Morgan fingerprint density at radius 3 is 0.762 bits per heavy atom. The molecule has 0 radical (unpaired) electrons. The molecule has 0 bridgehead atoms. The van der Waals surface area contributed by atoms with Crippen molar-refractivity contribution in [1.29, 1.82) is 0 Å². The highest BCUT2D eigenvalue weighted by Crippen LogP contribution is 2.20. The van der Waals surface area contributed by atoms with Crippen molar-refractivity contribution in [3.63, 3.8) is 0 Å². The summed E-state index contributed by atoms with van der Waals surface area (Å²) in [4.78, 5) is 24.6. The zero-order chi connectivity index (χ0) is 57.8. The maximum Gasteiger partial charge on any atom is 0.305 e. The number of nitrogens with one attached hydrogen (secondary N) is 1. The molecule has 80 heavy (non-hydrogen) atoms. The predicted octanol–water partition coefficient (Wildman–Crippen LogP) is 24.2. The molecular formula is C74H147NO5. The summed E-state index contributed by atoms with van der Waals surface area (Å²) in [6.07, 6.45) is 86.0. The summed E-state index contributed by atoms with van der Waals surface area (Å²) >= 11 is 0. The molecule has 0 aliphatic carbocycles. The number of amides is 1. The Kier molecular flexibility index (Phi) is 69.3. The first-order valence-electron chi connectivity index (χ1n) is 37.3. The smallest absolute Gasteiger partial charge is 0.305 e. The third-order valence-corrected chi connectivity index (χ3v) is 17.9. The second-order valence-electron chi connectivity index (χ2n) is 26.0. The third-order valence-electron chi connectivity index (χ3n) is 17.9. The predicted molar refractivity (Wildman–Crippen MR) is 352 cm³/mol. The molecule has 6 heteroatoms. The summed E-state index contributed by atoms with van der Waals surface area (Å²) in [6, 6.07) is -0.538. The van der Waals surface area contributed by atoms with Crippen molar-refractivity contribution in [3.05, 3.63) is 0 Å². The monoisotopic (exact) mass is 1130 g/mol. The number of aliphatic hydroxyl groups is 2. The number of carbonyl (C=O) groups is 2. The lowest BCUT2D eigenvalue weighted by atomic mass is 10.0. The van der Waals surface area contributed by atoms with Crippen LogP contribution in [-0.4, -0.2) is 47.4 Å². The lowest BCUT2D eigenvalue weighted by Gasteiger charge is -2.22. The molecule has 1 amide bonds. The quantitative estimate of drug-likeness (QED) is 0.0417. The van der Waals surface area contributed by atoms with E-state index in [1.54, 1.807) is 0 Å². The minimum atomic E-state index is -0.661. The molecule has 0 rings (SSSR count). The van der Waals surface area contributed by atoms with Crippen LogP contribution in [0.5, 0.6) is 0 Å². The van der Waals surface area contributed by atoms with Gasteiger partial charge in [0.05, 0.1) is 25.4 Å². The van der Waals surface area contributed by atoms with E-state index in [1.165, 1.54) is 366 Å². The van der Waals surface area contributed by atoms with Crippen molar-refractivity contribution in [2.45, 2.75) is 450 Å². The molecular weight excluding hydrogens is 983 g/mol. The van der Waals surface area contributed by atoms with Gasteiger partial charge in [-0.3, -0.25) is 9.59 Å². The average molecular weight is 1130 g/mol. The van der Waals surface area contributed by atoms with Gasteiger partial charge in [0.15, 0.2) is 0 Å². The van der Waals surface area contributed by atoms with Gasteiger partial charge in [0.2, 0.25) is 5.91 Å². The molecule has 0 saturated heterocycles. The van der Waals surface area contributed by atoms with Crippen LogP contribution in [0.3, 0.4) is 0 Å².